The number of amides is 1. The normalized spacial score (nSPS) is 17.4. The molecule has 1 amide bonds. The van der Waals surface area contributed by atoms with Crippen LogP contribution in [0.4, 0.5) is 4.79 Å². The van der Waals surface area contributed by atoms with Crippen molar-refractivity contribution < 1.29 is 24.1 Å². The van der Waals surface area contributed by atoms with E-state index in [1.54, 1.807) is 6.07 Å². The lowest BCUT2D eigenvalue weighted by atomic mass is 10.1. The molecule has 2 N–H and O–H groups in total. The third kappa shape index (κ3) is 2.53. The van der Waals surface area contributed by atoms with Crippen LogP contribution < -0.4 is 14.8 Å². The molecule has 1 aliphatic heterocycles. The fraction of sp³-hybridized carbons (Fsp3) is 0.364. The highest BCUT2D eigenvalue weighted by Crippen LogP contribution is 2.38. The smallest absolute Gasteiger partial charge is 0.407 e. The second kappa shape index (κ2) is 5.68. The van der Waals surface area contributed by atoms with E-state index in [-0.39, 0.29) is 24.8 Å². The third-order valence-corrected chi connectivity index (χ3v) is 2.57. The van der Waals surface area contributed by atoms with Gasteiger partial charge in [0.1, 0.15) is 23.9 Å². The van der Waals surface area contributed by atoms with Crippen molar-refractivity contribution in [3.63, 3.8) is 0 Å². The number of methoxy groups -OCH3 is 2. The second-order valence-electron chi connectivity index (χ2n) is 3.56. The first kappa shape index (κ1) is 14.2. The molecule has 1 aliphatic rings. The number of cyclic esters (lactones) is 1. The van der Waals surface area contributed by atoms with Gasteiger partial charge in [0.05, 0.1) is 25.8 Å². The summed E-state index contributed by atoms with van der Waals surface area (Å²) in [7, 11) is 2.98. The van der Waals surface area contributed by atoms with E-state index >= 15 is 0 Å². The zero-order valence-electron chi connectivity index (χ0n) is 9.93. The quantitative estimate of drug-likeness (QED) is 0.876. The maximum atomic E-state index is 11.0. The molecule has 18 heavy (non-hydrogen) atoms. The zero-order valence-corrected chi connectivity index (χ0v) is 10.7. The van der Waals surface area contributed by atoms with Crippen LogP contribution >= 0.6 is 12.4 Å². The molecule has 1 atom stereocenters. The van der Waals surface area contributed by atoms with Gasteiger partial charge in [-0.15, -0.1) is 12.4 Å². The van der Waals surface area contributed by atoms with Crippen LogP contribution in [0.2, 0.25) is 0 Å². The molecule has 1 heterocycles. The van der Waals surface area contributed by atoms with Crippen LogP contribution in [0.5, 0.6) is 17.2 Å². The number of carbonyl (C=O) groups excluding carboxylic acids is 1. The Labute approximate surface area is 110 Å². The SMILES string of the molecule is COc1cc(O)c([C@H]2COC(=O)N2)c(OC)c1.Cl. The van der Waals surface area contributed by atoms with E-state index in [2.05, 4.69) is 5.32 Å². The Morgan fingerprint density at radius 2 is 2.11 bits per heavy atom. The molecule has 6 nitrogen and oxygen atoms in total. The average molecular weight is 276 g/mol. The van der Waals surface area contributed by atoms with Crippen LogP contribution in [-0.2, 0) is 4.74 Å². The Hall–Kier alpha value is -1.82. The number of hydrogen-bond donors (Lipinski definition) is 2. The van der Waals surface area contributed by atoms with Crippen molar-refractivity contribution in [2.45, 2.75) is 6.04 Å². The van der Waals surface area contributed by atoms with Gasteiger partial charge < -0.3 is 24.6 Å². The number of phenolic OH excluding ortho intramolecular Hbond substituents is 1. The molecule has 0 aliphatic carbocycles. The molecular weight excluding hydrogens is 262 g/mol. The number of phenols is 1. The van der Waals surface area contributed by atoms with E-state index in [0.717, 1.165) is 0 Å². The molecule has 7 heteroatoms. The van der Waals surface area contributed by atoms with Gasteiger partial charge in [-0.1, -0.05) is 0 Å². The molecule has 0 radical (unpaired) electrons. The van der Waals surface area contributed by atoms with Crippen molar-refractivity contribution in [3.05, 3.63) is 17.7 Å². The lowest BCUT2D eigenvalue weighted by Crippen LogP contribution is -2.19. The van der Waals surface area contributed by atoms with Crippen molar-refractivity contribution in [3.8, 4) is 17.2 Å². The van der Waals surface area contributed by atoms with Gasteiger partial charge in [0.15, 0.2) is 0 Å². The fourth-order valence-corrected chi connectivity index (χ4v) is 1.76. The average Bonchev–Trinajstić information content (AvgIpc) is 2.74. The monoisotopic (exact) mass is 275 g/mol. The lowest BCUT2D eigenvalue weighted by Gasteiger charge is -2.15. The summed E-state index contributed by atoms with van der Waals surface area (Å²) < 4.78 is 15.0. The van der Waals surface area contributed by atoms with Crippen LogP contribution in [0.15, 0.2) is 12.1 Å². The van der Waals surface area contributed by atoms with Crippen molar-refractivity contribution in [1.82, 2.24) is 5.32 Å². The summed E-state index contributed by atoms with van der Waals surface area (Å²) in [5.41, 5.74) is 0.485. The number of rotatable bonds is 3. The lowest BCUT2D eigenvalue weighted by molar-refractivity contribution is 0.176. The van der Waals surface area contributed by atoms with Gasteiger partial charge in [-0.3, -0.25) is 0 Å². The maximum Gasteiger partial charge on any atom is 0.407 e. The van der Waals surface area contributed by atoms with Crippen LogP contribution in [-0.4, -0.2) is 32.0 Å². The van der Waals surface area contributed by atoms with Gasteiger partial charge in [0.25, 0.3) is 0 Å². The Balaban J connectivity index is 0.00000162. The number of nitrogens with one attached hydrogen (secondary N) is 1. The Kier molecular flexibility index (Phi) is 4.49. The molecule has 1 saturated heterocycles. The van der Waals surface area contributed by atoms with E-state index in [1.165, 1.54) is 20.3 Å². The minimum atomic E-state index is -0.507. The number of aromatic hydroxyl groups is 1. The first-order chi connectivity index (χ1) is 8.15. The third-order valence-electron chi connectivity index (χ3n) is 2.57. The van der Waals surface area contributed by atoms with Crippen molar-refractivity contribution >= 4 is 18.5 Å². The minimum absolute atomic E-state index is 0. The summed E-state index contributed by atoms with van der Waals surface area (Å²) in [5, 5.41) is 12.5. The summed E-state index contributed by atoms with van der Waals surface area (Å²) in [6.07, 6.45) is -0.507. The zero-order chi connectivity index (χ0) is 12.4. The first-order valence-electron chi connectivity index (χ1n) is 5.04. The van der Waals surface area contributed by atoms with Gasteiger partial charge in [0.2, 0.25) is 0 Å². The molecule has 0 unspecified atom stereocenters. The highest BCUT2D eigenvalue weighted by Gasteiger charge is 2.29. The second-order valence-corrected chi connectivity index (χ2v) is 3.56. The summed E-state index contributed by atoms with van der Waals surface area (Å²) in [4.78, 5) is 11.0. The molecule has 1 aromatic rings. The molecule has 1 fully saturated rings. The Morgan fingerprint density at radius 1 is 1.39 bits per heavy atom. The molecule has 2 rings (SSSR count). The van der Waals surface area contributed by atoms with E-state index in [1.807, 2.05) is 0 Å². The topological polar surface area (TPSA) is 77.0 Å². The highest BCUT2D eigenvalue weighted by atomic mass is 35.5. The largest absolute Gasteiger partial charge is 0.507 e. The summed E-state index contributed by atoms with van der Waals surface area (Å²) in [5.74, 6) is 0.919. The van der Waals surface area contributed by atoms with Crippen molar-refractivity contribution in [2.75, 3.05) is 20.8 Å². The molecule has 1 aromatic carbocycles. The van der Waals surface area contributed by atoms with Crippen molar-refractivity contribution in [2.24, 2.45) is 0 Å². The first-order valence-corrected chi connectivity index (χ1v) is 5.04. The van der Waals surface area contributed by atoms with Crippen LogP contribution in [0.3, 0.4) is 0 Å². The summed E-state index contributed by atoms with van der Waals surface area (Å²) >= 11 is 0. The predicted octanol–water partition coefficient (Wildman–Crippen LogP) is 1.61. The molecule has 0 saturated carbocycles. The fourth-order valence-electron chi connectivity index (χ4n) is 1.76. The summed E-state index contributed by atoms with van der Waals surface area (Å²) in [6.45, 7) is 0.162. The number of halogens is 1. The number of benzene rings is 1. The van der Waals surface area contributed by atoms with Gasteiger partial charge in [-0.05, 0) is 0 Å². The molecule has 0 bridgehead atoms. The van der Waals surface area contributed by atoms with E-state index in [9.17, 15) is 9.90 Å². The Bertz CT molecular complexity index is 451. The van der Waals surface area contributed by atoms with E-state index in [0.29, 0.717) is 17.1 Å². The van der Waals surface area contributed by atoms with Gasteiger partial charge in [-0.2, -0.15) is 0 Å². The number of carbonyl (C=O) groups is 1. The minimum Gasteiger partial charge on any atom is -0.507 e. The van der Waals surface area contributed by atoms with Gasteiger partial charge in [-0.25, -0.2) is 4.79 Å². The Morgan fingerprint density at radius 3 is 2.61 bits per heavy atom. The molecular formula is C11H14ClNO5. The number of alkyl carbamates (subject to hydrolysis) is 1. The van der Waals surface area contributed by atoms with E-state index < -0.39 is 12.1 Å². The molecule has 100 valence electrons. The molecule has 0 aromatic heterocycles. The van der Waals surface area contributed by atoms with Crippen LogP contribution in [0.1, 0.15) is 11.6 Å². The van der Waals surface area contributed by atoms with Crippen molar-refractivity contribution in [1.29, 1.82) is 0 Å². The number of hydrogen-bond acceptors (Lipinski definition) is 5. The predicted molar refractivity (Wildman–Crippen MR) is 65.7 cm³/mol. The standard InChI is InChI=1S/C11H13NO5.ClH/c1-15-6-3-8(13)10(9(4-6)16-2)7-5-17-11(14)12-7;/h3-4,7,13H,5H2,1-2H3,(H,12,14);1H/t7-;/m1./s1. The van der Waals surface area contributed by atoms with Crippen LogP contribution in [0.25, 0.3) is 0 Å². The molecule has 0 spiro atoms. The maximum absolute atomic E-state index is 11.0. The van der Waals surface area contributed by atoms with Gasteiger partial charge in [0, 0.05) is 12.1 Å². The highest BCUT2D eigenvalue weighted by molar-refractivity contribution is 5.85. The van der Waals surface area contributed by atoms with Gasteiger partial charge >= 0.3 is 6.09 Å². The summed E-state index contributed by atoms with van der Waals surface area (Å²) in [6, 6.07) is 2.69. The number of ether oxygens (including phenoxy) is 3. The van der Waals surface area contributed by atoms with E-state index in [4.69, 9.17) is 14.2 Å². The van der Waals surface area contributed by atoms with Crippen LogP contribution in [0, 0.1) is 0 Å².